The Bertz CT molecular complexity index is 865. The molecule has 1 aliphatic rings. The van der Waals surface area contributed by atoms with Gasteiger partial charge in [-0.25, -0.2) is 4.79 Å². The van der Waals surface area contributed by atoms with E-state index in [1.807, 2.05) is 0 Å². The molecule has 1 aromatic carbocycles. The van der Waals surface area contributed by atoms with Crippen molar-refractivity contribution in [2.45, 2.75) is 38.8 Å². The molecule has 0 saturated heterocycles. The number of hydrogen-bond acceptors (Lipinski definition) is 4. The van der Waals surface area contributed by atoms with Crippen LogP contribution in [-0.4, -0.2) is 29.9 Å². The number of anilines is 2. The first-order valence-corrected chi connectivity index (χ1v) is 10.0. The first kappa shape index (κ1) is 19.7. The number of thiophene rings is 1. The van der Waals surface area contributed by atoms with Crippen LogP contribution in [0.3, 0.4) is 0 Å². The van der Waals surface area contributed by atoms with Crippen LogP contribution in [0.15, 0.2) is 24.3 Å². The first-order chi connectivity index (χ1) is 12.8. The zero-order valence-corrected chi connectivity index (χ0v) is 17.1. The largest absolute Gasteiger partial charge is 0.365 e. The van der Waals surface area contributed by atoms with Gasteiger partial charge in [0, 0.05) is 27.7 Å². The van der Waals surface area contributed by atoms with Gasteiger partial charge >= 0.3 is 6.03 Å². The minimum atomic E-state index is -0.524. The van der Waals surface area contributed by atoms with E-state index in [2.05, 4.69) is 36.4 Å². The lowest BCUT2D eigenvalue weighted by Gasteiger charge is -2.37. The van der Waals surface area contributed by atoms with Gasteiger partial charge in [0.1, 0.15) is 5.00 Å². The van der Waals surface area contributed by atoms with Crippen LogP contribution in [0.2, 0.25) is 5.02 Å². The number of nitrogens with zero attached hydrogens (tertiary/aromatic N) is 1. The van der Waals surface area contributed by atoms with Crippen LogP contribution in [0.1, 0.15) is 47.1 Å². The number of carbonyl (C=O) groups is 2. The third-order valence-electron chi connectivity index (χ3n) is 5.09. The number of halogens is 1. The monoisotopic (exact) mass is 406 g/mol. The van der Waals surface area contributed by atoms with E-state index < -0.39 is 11.9 Å². The molecule has 2 heterocycles. The third-order valence-corrected chi connectivity index (χ3v) is 6.49. The van der Waals surface area contributed by atoms with Crippen LogP contribution < -0.4 is 16.4 Å². The molecule has 2 atom stereocenters. The number of fused-ring (bicyclic) bond motifs is 1. The van der Waals surface area contributed by atoms with Gasteiger partial charge in [-0.2, -0.15) is 0 Å². The second kappa shape index (κ2) is 7.88. The molecule has 0 spiro atoms. The standard InChI is InChI=1S/C19H23ClN4O2S/c1-4-13-9-14-15(10(2)24(13)3)16(17(21)25)18(27-14)23-19(26)22-12-7-5-11(20)6-8-12/h5-8,10,13H,4,9H2,1-3H3,(H2,21,25)(H2,22,23,26)/t10-,13+/m0/s1. The van der Waals surface area contributed by atoms with Gasteiger partial charge in [-0.3, -0.25) is 15.0 Å². The number of nitrogens with two attached hydrogens (primary N) is 1. The number of benzene rings is 1. The van der Waals surface area contributed by atoms with E-state index in [0.29, 0.717) is 27.3 Å². The number of hydrogen-bond donors (Lipinski definition) is 3. The molecule has 3 amide bonds. The summed E-state index contributed by atoms with van der Waals surface area (Å²) in [7, 11) is 2.06. The normalized spacial score (nSPS) is 19.4. The van der Waals surface area contributed by atoms with Gasteiger partial charge in [-0.15, -0.1) is 11.3 Å². The van der Waals surface area contributed by atoms with E-state index in [0.717, 1.165) is 23.3 Å². The van der Waals surface area contributed by atoms with Crippen LogP contribution in [0.5, 0.6) is 0 Å². The Labute approximate surface area is 167 Å². The molecule has 144 valence electrons. The van der Waals surface area contributed by atoms with E-state index in [-0.39, 0.29) is 6.04 Å². The molecule has 3 rings (SSSR count). The van der Waals surface area contributed by atoms with Crippen molar-refractivity contribution < 1.29 is 9.59 Å². The summed E-state index contributed by atoms with van der Waals surface area (Å²) in [6.07, 6.45) is 1.86. The lowest BCUT2D eigenvalue weighted by molar-refractivity contribution is 0.0994. The molecule has 4 N–H and O–H groups in total. The molecule has 6 nitrogen and oxygen atoms in total. The minimum Gasteiger partial charge on any atom is -0.365 e. The summed E-state index contributed by atoms with van der Waals surface area (Å²) in [4.78, 5) is 27.9. The maximum atomic E-state index is 12.4. The van der Waals surface area contributed by atoms with E-state index in [1.54, 1.807) is 24.3 Å². The predicted molar refractivity (Wildman–Crippen MR) is 111 cm³/mol. The zero-order chi connectivity index (χ0) is 19.7. The first-order valence-electron chi connectivity index (χ1n) is 8.82. The molecule has 0 saturated carbocycles. The Morgan fingerprint density at radius 1 is 1.30 bits per heavy atom. The van der Waals surface area contributed by atoms with Gasteiger partial charge < -0.3 is 11.1 Å². The fourth-order valence-corrected chi connectivity index (χ4v) is 5.01. The van der Waals surface area contributed by atoms with E-state index in [1.165, 1.54) is 11.3 Å². The number of nitrogens with one attached hydrogen (secondary N) is 2. The van der Waals surface area contributed by atoms with Crippen LogP contribution in [-0.2, 0) is 6.42 Å². The van der Waals surface area contributed by atoms with Crippen molar-refractivity contribution in [2.24, 2.45) is 5.73 Å². The highest BCUT2D eigenvalue weighted by Gasteiger charge is 2.35. The lowest BCUT2D eigenvalue weighted by Crippen LogP contribution is -2.39. The van der Waals surface area contributed by atoms with Crippen molar-refractivity contribution in [2.75, 3.05) is 17.7 Å². The average Bonchev–Trinajstić information content (AvgIpc) is 2.98. The van der Waals surface area contributed by atoms with Crippen LogP contribution in [0.4, 0.5) is 15.5 Å². The Hall–Kier alpha value is -2.09. The van der Waals surface area contributed by atoms with Crippen molar-refractivity contribution in [1.29, 1.82) is 0 Å². The van der Waals surface area contributed by atoms with Crippen LogP contribution >= 0.6 is 22.9 Å². The SMILES string of the molecule is CC[C@@H]1Cc2sc(NC(=O)Nc3ccc(Cl)cc3)c(C(N)=O)c2[C@H](C)N1C. The molecular formula is C19H23ClN4O2S. The smallest absolute Gasteiger partial charge is 0.324 e. The summed E-state index contributed by atoms with van der Waals surface area (Å²) in [6.45, 7) is 4.22. The minimum absolute atomic E-state index is 0.0623. The van der Waals surface area contributed by atoms with Gasteiger partial charge in [0.2, 0.25) is 0 Å². The molecular weight excluding hydrogens is 384 g/mol. The number of likely N-dealkylation sites (N-methyl/N-ethyl adjacent to an activating group) is 1. The number of rotatable bonds is 4. The maximum absolute atomic E-state index is 12.4. The van der Waals surface area contributed by atoms with Gasteiger partial charge in [0.05, 0.1) is 5.56 Å². The third kappa shape index (κ3) is 3.95. The Balaban J connectivity index is 1.87. The molecule has 0 aliphatic carbocycles. The Morgan fingerprint density at radius 2 is 1.96 bits per heavy atom. The summed E-state index contributed by atoms with van der Waals surface area (Å²) in [5.74, 6) is -0.524. The zero-order valence-electron chi connectivity index (χ0n) is 15.5. The fourth-order valence-electron chi connectivity index (χ4n) is 3.53. The molecule has 8 heteroatoms. The molecule has 0 unspecified atom stereocenters. The van der Waals surface area contributed by atoms with Crippen LogP contribution in [0, 0.1) is 0 Å². The highest BCUT2D eigenvalue weighted by molar-refractivity contribution is 7.17. The number of primary amides is 1. The average molecular weight is 407 g/mol. The van der Waals surface area contributed by atoms with Crippen molar-refractivity contribution in [1.82, 2.24) is 4.90 Å². The predicted octanol–water partition coefficient (Wildman–Crippen LogP) is 4.47. The Morgan fingerprint density at radius 3 is 2.56 bits per heavy atom. The quantitative estimate of drug-likeness (QED) is 0.699. The van der Waals surface area contributed by atoms with Crippen molar-refractivity contribution in [3.63, 3.8) is 0 Å². The van der Waals surface area contributed by atoms with E-state index >= 15 is 0 Å². The number of carbonyl (C=O) groups excluding carboxylic acids is 2. The molecule has 2 aromatic rings. The molecule has 0 radical (unpaired) electrons. The van der Waals surface area contributed by atoms with Crippen molar-refractivity contribution >= 4 is 45.6 Å². The van der Waals surface area contributed by atoms with Gasteiger partial charge in [-0.1, -0.05) is 18.5 Å². The van der Waals surface area contributed by atoms with Crippen LogP contribution in [0.25, 0.3) is 0 Å². The summed E-state index contributed by atoms with van der Waals surface area (Å²) in [6, 6.07) is 6.84. The summed E-state index contributed by atoms with van der Waals surface area (Å²) < 4.78 is 0. The van der Waals surface area contributed by atoms with Crippen molar-refractivity contribution in [3.05, 3.63) is 45.3 Å². The highest BCUT2D eigenvalue weighted by Crippen LogP contribution is 2.43. The molecule has 0 bridgehead atoms. The number of amides is 3. The molecule has 1 aliphatic heterocycles. The fraction of sp³-hybridized carbons (Fsp3) is 0.368. The summed E-state index contributed by atoms with van der Waals surface area (Å²) in [5.41, 5.74) is 7.62. The summed E-state index contributed by atoms with van der Waals surface area (Å²) >= 11 is 7.29. The van der Waals surface area contributed by atoms with Crippen molar-refractivity contribution in [3.8, 4) is 0 Å². The van der Waals surface area contributed by atoms with Gasteiger partial charge in [-0.05, 0) is 56.6 Å². The summed E-state index contributed by atoms with van der Waals surface area (Å²) in [5, 5.41) is 6.62. The van der Waals surface area contributed by atoms with Gasteiger partial charge in [0.15, 0.2) is 0 Å². The topological polar surface area (TPSA) is 87.5 Å². The Kier molecular flexibility index (Phi) is 5.74. The number of urea groups is 1. The second-order valence-electron chi connectivity index (χ2n) is 6.70. The maximum Gasteiger partial charge on any atom is 0.324 e. The van der Waals surface area contributed by atoms with E-state index in [4.69, 9.17) is 17.3 Å². The lowest BCUT2D eigenvalue weighted by atomic mass is 9.91. The van der Waals surface area contributed by atoms with Gasteiger partial charge in [0.25, 0.3) is 5.91 Å². The molecule has 0 fully saturated rings. The highest BCUT2D eigenvalue weighted by atomic mass is 35.5. The second-order valence-corrected chi connectivity index (χ2v) is 8.24. The molecule has 27 heavy (non-hydrogen) atoms. The molecule has 1 aromatic heterocycles. The van der Waals surface area contributed by atoms with E-state index in [9.17, 15) is 9.59 Å².